The van der Waals surface area contributed by atoms with Gasteiger partial charge in [-0.2, -0.15) is 13.2 Å². The van der Waals surface area contributed by atoms with Crippen molar-refractivity contribution in [2.45, 2.75) is 25.6 Å². The van der Waals surface area contributed by atoms with Gasteiger partial charge >= 0.3 is 6.18 Å². The molecule has 26 heavy (non-hydrogen) atoms. The van der Waals surface area contributed by atoms with Crippen LogP contribution < -0.4 is 0 Å². The van der Waals surface area contributed by atoms with Gasteiger partial charge in [0.2, 0.25) is 0 Å². The van der Waals surface area contributed by atoms with Gasteiger partial charge in [-0.25, -0.2) is 0 Å². The smallest absolute Gasteiger partial charge is 0.343 e. The quantitative estimate of drug-likeness (QED) is 0.581. The first-order chi connectivity index (χ1) is 12.5. The Balaban J connectivity index is 2.04. The van der Waals surface area contributed by atoms with Crippen LogP contribution in [0.3, 0.4) is 0 Å². The molecule has 0 saturated carbocycles. The normalized spacial score (nSPS) is 13.7. The number of benzene rings is 2. The SMILES string of the molecule is O=C(c1ccccc1)c1c(C(F)(F)F)c2n(c1-c1ccccc1)CCC2. The number of carbonyl (C=O) groups excluding carboxylic acids is 1. The first-order valence-electron chi connectivity index (χ1n) is 8.46. The molecule has 3 aromatic rings. The van der Waals surface area contributed by atoms with Gasteiger partial charge in [-0.15, -0.1) is 0 Å². The summed E-state index contributed by atoms with van der Waals surface area (Å²) in [5.41, 5.74) is 0.479. The molecular weight excluding hydrogens is 339 g/mol. The van der Waals surface area contributed by atoms with Gasteiger partial charge in [-0.1, -0.05) is 60.7 Å². The highest BCUT2D eigenvalue weighted by Gasteiger charge is 2.44. The largest absolute Gasteiger partial charge is 0.418 e. The summed E-state index contributed by atoms with van der Waals surface area (Å²) in [6, 6.07) is 17.0. The molecule has 0 radical (unpaired) electrons. The van der Waals surface area contributed by atoms with Crippen LogP contribution in [0.4, 0.5) is 13.2 Å². The number of nitrogens with zero attached hydrogens (tertiary/aromatic N) is 1. The van der Waals surface area contributed by atoms with E-state index in [1.165, 1.54) is 0 Å². The molecule has 1 aromatic heterocycles. The number of rotatable bonds is 3. The van der Waals surface area contributed by atoms with E-state index < -0.39 is 17.5 Å². The Labute approximate surface area is 148 Å². The van der Waals surface area contributed by atoms with Crippen LogP contribution >= 0.6 is 0 Å². The summed E-state index contributed by atoms with van der Waals surface area (Å²) in [4.78, 5) is 13.1. The number of ketones is 1. The maximum Gasteiger partial charge on any atom is 0.418 e. The van der Waals surface area contributed by atoms with Crippen molar-refractivity contribution in [1.29, 1.82) is 0 Å². The molecule has 0 amide bonds. The number of hydrogen-bond acceptors (Lipinski definition) is 1. The monoisotopic (exact) mass is 355 g/mol. The van der Waals surface area contributed by atoms with Gasteiger partial charge < -0.3 is 4.57 Å². The Kier molecular flexibility index (Phi) is 3.94. The fourth-order valence-corrected chi connectivity index (χ4v) is 3.74. The molecule has 0 bridgehead atoms. The molecule has 0 unspecified atom stereocenters. The molecule has 4 rings (SSSR count). The third-order valence-electron chi connectivity index (χ3n) is 4.76. The molecule has 0 N–H and O–H groups in total. The standard InChI is InChI=1S/C21H16F3NO/c22-21(23,24)18-16-12-7-13-25(16)19(14-8-3-1-4-9-14)17(18)20(26)15-10-5-2-6-11-15/h1-6,8-11H,7,12-13H2. The highest BCUT2D eigenvalue weighted by Crippen LogP contribution is 2.44. The van der Waals surface area contributed by atoms with Gasteiger partial charge in [0.1, 0.15) is 0 Å². The summed E-state index contributed by atoms with van der Waals surface area (Å²) in [6.07, 6.45) is -3.59. The summed E-state index contributed by atoms with van der Waals surface area (Å²) in [5, 5.41) is 0. The Morgan fingerprint density at radius 3 is 2.15 bits per heavy atom. The molecule has 5 heteroatoms. The topological polar surface area (TPSA) is 22.0 Å². The zero-order valence-corrected chi connectivity index (χ0v) is 13.9. The fourth-order valence-electron chi connectivity index (χ4n) is 3.74. The Morgan fingerprint density at radius 2 is 1.54 bits per heavy atom. The fraction of sp³-hybridized carbons (Fsp3) is 0.190. The van der Waals surface area contributed by atoms with Crippen LogP contribution in [-0.2, 0) is 19.1 Å². The molecule has 1 aliphatic rings. The van der Waals surface area contributed by atoms with E-state index >= 15 is 0 Å². The maximum atomic E-state index is 13.9. The van der Waals surface area contributed by atoms with Crippen molar-refractivity contribution in [3.63, 3.8) is 0 Å². The van der Waals surface area contributed by atoms with Crippen molar-refractivity contribution >= 4 is 5.78 Å². The highest BCUT2D eigenvalue weighted by molar-refractivity contribution is 6.14. The van der Waals surface area contributed by atoms with E-state index in [4.69, 9.17) is 0 Å². The Morgan fingerprint density at radius 1 is 0.923 bits per heavy atom. The van der Waals surface area contributed by atoms with Gasteiger partial charge in [-0.3, -0.25) is 4.79 Å². The summed E-state index contributed by atoms with van der Waals surface area (Å²) >= 11 is 0. The third kappa shape index (κ3) is 2.64. The van der Waals surface area contributed by atoms with Gasteiger partial charge in [0.05, 0.1) is 16.8 Å². The Bertz CT molecular complexity index is 956. The zero-order valence-electron chi connectivity index (χ0n) is 13.9. The van der Waals surface area contributed by atoms with Crippen LogP contribution in [0.5, 0.6) is 0 Å². The number of hydrogen-bond donors (Lipinski definition) is 0. The minimum absolute atomic E-state index is 0.218. The van der Waals surface area contributed by atoms with Gasteiger partial charge in [0, 0.05) is 17.8 Å². The molecule has 2 aromatic carbocycles. The van der Waals surface area contributed by atoms with Crippen molar-refractivity contribution in [3.05, 3.63) is 83.0 Å². The van der Waals surface area contributed by atoms with E-state index in [0.29, 0.717) is 30.6 Å². The van der Waals surface area contributed by atoms with Crippen molar-refractivity contribution in [3.8, 4) is 11.3 Å². The van der Waals surface area contributed by atoms with E-state index in [1.807, 2.05) is 0 Å². The van der Waals surface area contributed by atoms with E-state index in [9.17, 15) is 18.0 Å². The second kappa shape index (κ2) is 6.16. The second-order valence-corrected chi connectivity index (χ2v) is 6.36. The minimum atomic E-state index is -4.58. The number of halogens is 3. The average Bonchev–Trinajstić information content (AvgIpc) is 3.21. The summed E-state index contributed by atoms with van der Waals surface area (Å²) in [6.45, 7) is 0.491. The summed E-state index contributed by atoms with van der Waals surface area (Å²) in [7, 11) is 0. The summed E-state index contributed by atoms with van der Waals surface area (Å²) < 4.78 is 43.5. The Hall–Kier alpha value is -2.82. The predicted molar refractivity (Wildman–Crippen MR) is 93.1 cm³/mol. The van der Waals surface area contributed by atoms with Crippen molar-refractivity contribution in [2.24, 2.45) is 0 Å². The lowest BCUT2D eigenvalue weighted by Gasteiger charge is -2.12. The number of fused-ring (bicyclic) bond motifs is 1. The molecule has 0 saturated heterocycles. The third-order valence-corrected chi connectivity index (χ3v) is 4.76. The van der Waals surface area contributed by atoms with E-state index in [-0.39, 0.29) is 16.8 Å². The summed E-state index contributed by atoms with van der Waals surface area (Å²) in [5.74, 6) is -0.585. The molecule has 0 atom stereocenters. The lowest BCUT2D eigenvalue weighted by Crippen LogP contribution is -2.14. The van der Waals surface area contributed by atoms with Crippen LogP contribution in [0.15, 0.2) is 60.7 Å². The van der Waals surface area contributed by atoms with Crippen LogP contribution in [0.2, 0.25) is 0 Å². The highest BCUT2D eigenvalue weighted by atomic mass is 19.4. The molecule has 2 nitrogen and oxygen atoms in total. The van der Waals surface area contributed by atoms with Crippen LogP contribution in [0, 0.1) is 0 Å². The predicted octanol–water partition coefficient (Wildman–Crippen LogP) is 5.35. The van der Waals surface area contributed by atoms with Gasteiger partial charge in [0.15, 0.2) is 5.78 Å². The molecule has 2 heterocycles. The second-order valence-electron chi connectivity index (χ2n) is 6.36. The minimum Gasteiger partial charge on any atom is -0.343 e. The average molecular weight is 355 g/mol. The van der Waals surface area contributed by atoms with Crippen LogP contribution in [-0.4, -0.2) is 10.4 Å². The van der Waals surface area contributed by atoms with E-state index in [0.717, 1.165) is 0 Å². The number of carbonyl (C=O) groups is 1. The van der Waals surface area contributed by atoms with E-state index in [1.54, 1.807) is 65.2 Å². The zero-order chi connectivity index (χ0) is 18.3. The first kappa shape index (κ1) is 16.6. The number of aromatic nitrogens is 1. The lowest BCUT2D eigenvalue weighted by molar-refractivity contribution is -0.138. The number of alkyl halides is 3. The molecule has 1 aliphatic heterocycles. The van der Waals surface area contributed by atoms with Crippen molar-refractivity contribution in [2.75, 3.05) is 0 Å². The van der Waals surface area contributed by atoms with Gasteiger partial charge in [0.25, 0.3) is 0 Å². The van der Waals surface area contributed by atoms with Gasteiger partial charge in [-0.05, 0) is 18.4 Å². The maximum absolute atomic E-state index is 13.9. The molecule has 132 valence electrons. The van der Waals surface area contributed by atoms with Crippen LogP contribution in [0.1, 0.15) is 33.6 Å². The first-order valence-corrected chi connectivity index (χ1v) is 8.46. The van der Waals surface area contributed by atoms with Crippen LogP contribution in [0.25, 0.3) is 11.3 Å². The van der Waals surface area contributed by atoms with E-state index in [2.05, 4.69) is 0 Å². The molecular formula is C21H16F3NO. The lowest BCUT2D eigenvalue weighted by atomic mass is 9.94. The molecule has 0 fully saturated rings. The van der Waals surface area contributed by atoms with Crippen molar-refractivity contribution in [1.82, 2.24) is 4.57 Å². The molecule has 0 spiro atoms. The van der Waals surface area contributed by atoms with Crippen molar-refractivity contribution < 1.29 is 18.0 Å². The molecule has 0 aliphatic carbocycles.